The number of aliphatic hydroxyl groups excluding tert-OH is 1. The zero-order valence-corrected chi connectivity index (χ0v) is 10.4. The highest BCUT2D eigenvalue weighted by Gasteiger charge is 2.14. The van der Waals surface area contributed by atoms with E-state index in [2.05, 4.69) is 15.7 Å². The fourth-order valence-corrected chi connectivity index (χ4v) is 1.19. The molecule has 1 rings (SSSR count). The molecule has 0 fully saturated rings. The number of amides is 2. The second-order valence-electron chi connectivity index (χ2n) is 3.67. The maximum absolute atomic E-state index is 11.4. The number of aliphatic carboxylic acids is 1. The maximum atomic E-state index is 11.4. The zero-order chi connectivity index (χ0) is 14.3. The van der Waals surface area contributed by atoms with Gasteiger partial charge in [0.15, 0.2) is 6.10 Å². The van der Waals surface area contributed by atoms with Gasteiger partial charge < -0.3 is 25.6 Å². The third-order valence-electron chi connectivity index (χ3n) is 2.16. The SMILES string of the molecule is COCCn1cc(NC(=O)NC[C@H](O)C(=O)O)cn1. The summed E-state index contributed by atoms with van der Waals surface area (Å²) in [4.78, 5) is 21.7. The van der Waals surface area contributed by atoms with E-state index in [0.29, 0.717) is 18.8 Å². The van der Waals surface area contributed by atoms with Gasteiger partial charge in [0.05, 0.1) is 31.6 Å². The molecule has 0 aliphatic rings. The fraction of sp³-hybridized carbons (Fsp3) is 0.500. The fourth-order valence-electron chi connectivity index (χ4n) is 1.19. The third kappa shape index (κ3) is 5.36. The topological polar surface area (TPSA) is 126 Å². The smallest absolute Gasteiger partial charge is 0.334 e. The summed E-state index contributed by atoms with van der Waals surface area (Å²) in [5, 5.41) is 26.1. The molecule has 0 radical (unpaired) electrons. The van der Waals surface area contributed by atoms with E-state index < -0.39 is 18.1 Å². The Balaban J connectivity index is 2.35. The number of aromatic nitrogens is 2. The van der Waals surface area contributed by atoms with Gasteiger partial charge in [0.1, 0.15) is 0 Å². The Kier molecular flexibility index (Phi) is 5.76. The summed E-state index contributed by atoms with van der Waals surface area (Å²) >= 11 is 0. The Labute approximate surface area is 109 Å². The summed E-state index contributed by atoms with van der Waals surface area (Å²) in [6, 6.07) is -0.619. The number of nitrogens with zero attached hydrogens (tertiary/aromatic N) is 2. The molecule has 0 saturated heterocycles. The van der Waals surface area contributed by atoms with Crippen LogP contribution in [-0.4, -0.2) is 58.4 Å². The van der Waals surface area contributed by atoms with Gasteiger partial charge in [-0.2, -0.15) is 5.10 Å². The molecule has 9 heteroatoms. The predicted octanol–water partition coefficient (Wildman–Crippen LogP) is -0.903. The molecular weight excluding hydrogens is 256 g/mol. The van der Waals surface area contributed by atoms with Crippen LogP contribution >= 0.6 is 0 Å². The van der Waals surface area contributed by atoms with Crippen molar-refractivity contribution in [3.63, 3.8) is 0 Å². The lowest BCUT2D eigenvalue weighted by Crippen LogP contribution is -2.38. The lowest BCUT2D eigenvalue weighted by Gasteiger charge is -2.07. The molecule has 1 aromatic rings. The summed E-state index contributed by atoms with van der Waals surface area (Å²) in [7, 11) is 1.57. The summed E-state index contributed by atoms with van der Waals surface area (Å²) in [5.41, 5.74) is 0.457. The minimum atomic E-state index is -1.63. The van der Waals surface area contributed by atoms with E-state index in [1.807, 2.05) is 0 Å². The quantitative estimate of drug-likeness (QED) is 0.509. The molecule has 4 N–H and O–H groups in total. The van der Waals surface area contributed by atoms with Crippen LogP contribution in [0.15, 0.2) is 12.4 Å². The van der Waals surface area contributed by atoms with Crippen LogP contribution in [-0.2, 0) is 16.1 Å². The standard InChI is InChI=1S/C10H16N4O5/c1-19-3-2-14-6-7(4-12-14)13-10(18)11-5-8(15)9(16)17/h4,6,8,15H,2-3,5H2,1H3,(H,16,17)(H2,11,13,18)/t8-/m0/s1. The number of carboxylic acid groups (broad SMARTS) is 1. The number of carbonyl (C=O) groups excluding carboxylic acids is 1. The molecule has 0 spiro atoms. The van der Waals surface area contributed by atoms with Crippen LogP contribution in [0.25, 0.3) is 0 Å². The number of aliphatic hydroxyl groups is 1. The summed E-state index contributed by atoms with van der Waals surface area (Å²) < 4.78 is 6.47. The van der Waals surface area contributed by atoms with Gasteiger partial charge in [-0.15, -0.1) is 0 Å². The second kappa shape index (κ2) is 7.34. The lowest BCUT2D eigenvalue weighted by molar-refractivity contribution is -0.146. The van der Waals surface area contributed by atoms with Crippen LogP contribution in [0.2, 0.25) is 0 Å². The van der Waals surface area contributed by atoms with Crippen LogP contribution in [0.1, 0.15) is 0 Å². The number of methoxy groups -OCH3 is 1. The number of hydrogen-bond donors (Lipinski definition) is 4. The molecule has 0 aliphatic heterocycles. The van der Waals surface area contributed by atoms with Gasteiger partial charge in [-0.1, -0.05) is 0 Å². The minimum Gasteiger partial charge on any atom is -0.479 e. The zero-order valence-electron chi connectivity index (χ0n) is 10.4. The van der Waals surface area contributed by atoms with Gasteiger partial charge in [0.25, 0.3) is 0 Å². The summed E-state index contributed by atoms with van der Waals surface area (Å²) in [6.07, 6.45) is 1.42. The van der Waals surface area contributed by atoms with Gasteiger partial charge in [-0.25, -0.2) is 9.59 Å². The molecule has 19 heavy (non-hydrogen) atoms. The number of rotatable bonds is 7. The van der Waals surface area contributed by atoms with E-state index in [1.54, 1.807) is 18.0 Å². The monoisotopic (exact) mass is 272 g/mol. The highest BCUT2D eigenvalue weighted by Crippen LogP contribution is 2.04. The van der Waals surface area contributed by atoms with Crippen LogP contribution in [0.5, 0.6) is 0 Å². The van der Waals surface area contributed by atoms with Crippen LogP contribution in [0.4, 0.5) is 10.5 Å². The van der Waals surface area contributed by atoms with E-state index in [-0.39, 0.29) is 6.54 Å². The molecule has 0 bridgehead atoms. The average molecular weight is 272 g/mol. The molecule has 0 aliphatic carbocycles. The van der Waals surface area contributed by atoms with Crippen molar-refractivity contribution in [2.24, 2.45) is 0 Å². The number of urea groups is 1. The number of ether oxygens (including phenoxy) is 1. The number of carbonyl (C=O) groups is 2. The first kappa shape index (κ1) is 14.9. The molecule has 1 heterocycles. The normalized spacial score (nSPS) is 11.9. The van der Waals surface area contributed by atoms with Crippen molar-refractivity contribution in [2.75, 3.05) is 25.6 Å². The van der Waals surface area contributed by atoms with Crippen molar-refractivity contribution in [1.82, 2.24) is 15.1 Å². The highest BCUT2D eigenvalue weighted by atomic mass is 16.5. The van der Waals surface area contributed by atoms with Gasteiger partial charge in [0, 0.05) is 13.3 Å². The number of carboxylic acids is 1. The number of hydrogen-bond acceptors (Lipinski definition) is 5. The van der Waals surface area contributed by atoms with Crippen LogP contribution in [0.3, 0.4) is 0 Å². The van der Waals surface area contributed by atoms with E-state index in [1.165, 1.54) is 6.20 Å². The van der Waals surface area contributed by atoms with Gasteiger partial charge in [-0.05, 0) is 0 Å². The van der Waals surface area contributed by atoms with Gasteiger partial charge in [0.2, 0.25) is 0 Å². The van der Waals surface area contributed by atoms with E-state index in [4.69, 9.17) is 14.9 Å². The molecule has 9 nitrogen and oxygen atoms in total. The molecule has 0 saturated carbocycles. The second-order valence-corrected chi connectivity index (χ2v) is 3.67. The number of anilines is 1. The van der Waals surface area contributed by atoms with E-state index in [9.17, 15) is 9.59 Å². The summed E-state index contributed by atoms with van der Waals surface area (Å²) in [5.74, 6) is -1.40. The Morgan fingerprint density at radius 2 is 2.32 bits per heavy atom. The average Bonchev–Trinajstić information content (AvgIpc) is 2.80. The Morgan fingerprint density at radius 1 is 1.58 bits per heavy atom. The van der Waals surface area contributed by atoms with Crippen LogP contribution < -0.4 is 10.6 Å². The number of nitrogens with one attached hydrogen (secondary N) is 2. The molecule has 106 valence electrons. The van der Waals surface area contributed by atoms with E-state index in [0.717, 1.165) is 0 Å². The predicted molar refractivity (Wildman–Crippen MR) is 64.8 cm³/mol. The largest absolute Gasteiger partial charge is 0.479 e. The first-order chi connectivity index (χ1) is 9.02. The van der Waals surface area contributed by atoms with Crippen molar-refractivity contribution in [2.45, 2.75) is 12.6 Å². The minimum absolute atomic E-state index is 0.376. The Hall–Kier alpha value is -2.13. The third-order valence-corrected chi connectivity index (χ3v) is 2.16. The van der Waals surface area contributed by atoms with Crippen LogP contribution in [0, 0.1) is 0 Å². The Bertz CT molecular complexity index is 433. The first-order valence-corrected chi connectivity index (χ1v) is 5.50. The molecule has 0 unspecified atom stereocenters. The molecule has 1 aromatic heterocycles. The maximum Gasteiger partial charge on any atom is 0.334 e. The summed E-state index contributed by atoms with van der Waals surface area (Å²) in [6.45, 7) is 0.675. The molecule has 1 atom stereocenters. The van der Waals surface area contributed by atoms with Crippen molar-refractivity contribution >= 4 is 17.7 Å². The van der Waals surface area contributed by atoms with Gasteiger partial charge >= 0.3 is 12.0 Å². The van der Waals surface area contributed by atoms with Crippen molar-refractivity contribution in [1.29, 1.82) is 0 Å². The van der Waals surface area contributed by atoms with Crippen molar-refractivity contribution in [3.8, 4) is 0 Å². The lowest BCUT2D eigenvalue weighted by atomic mass is 10.4. The highest BCUT2D eigenvalue weighted by molar-refractivity contribution is 5.89. The molecule has 0 aromatic carbocycles. The Morgan fingerprint density at radius 3 is 2.95 bits per heavy atom. The van der Waals surface area contributed by atoms with Crippen molar-refractivity contribution in [3.05, 3.63) is 12.4 Å². The van der Waals surface area contributed by atoms with Crippen molar-refractivity contribution < 1.29 is 24.5 Å². The van der Waals surface area contributed by atoms with Gasteiger partial charge in [-0.3, -0.25) is 4.68 Å². The first-order valence-electron chi connectivity index (χ1n) is 5.50. The molecule has 2 amide bonds. The van der Waals surface area contributed by atoms with E-state index >= 15 is 0 Å². The molecular formula is C10H16N4O5.